The van der Waals surface area contributed by atoms with Gasteiger partial charge in [-0.2, -0.15) is 0 Å². The summed E-state index contributed by atoms with van der Waals surface area (Å²) in [5, 5.41) is 8.02. The number of anilines is 2. The highest BCUT2D eigenvalue weighted by Crippen LogP contribution is 2.15. The van der Waals surface area contributed by atoms with Gasteiger partial charge in [-0.25, -0.2) is 0 Å². The van der Waals surface area contributed by atoms with E-state index in [4.69, 9.17) is 35.4 Å². The molecule has 8 heteroatoms. The van der Waals surface area contributed by atoms with Gasteiger partial charge < -0.3 is 22.1 Å². The second kappa shape index (κ2) is 9.42. The third-order valence-corrected chi connectivity index (χ3v) is 2.91. The van der Waals surface area contributed by atoms with E-state index in [9.17, 15) is 0 Å². The van der Waals surface area contributed by atoms with Gasteiger partial charge in [0.15, 0.2) is 10.2 Å². The monoisotopic (exact) mass is 372 g/mol. The van der Waals surface area contributed by atoms with Crippen LogP contribution in [0.3, 0.4) is 0 Å². The van der Waals surface area contributed by atoms with Gasteiger partial charge in [0.05, 0.1) is 0 Å². The van der Waals surface area contributed by atoms with E-state index in [-0.39, 0.29) is 5.11 Å². The zero-order valence-corrected chi connectivity index (χ0v) is 14.5. The maximum absolute atomic E-state index is 5.80. The summed E-state index contributed by atoms with van der Waals surface area (Å²) in [4.78, 5) is 0. The minimum atomic E-state index is 0.000000000000000222. The second-order valence-corrected chi connectivity index (χ2v) is 5.75. The predicted molar refractivity (Wildman–Crippen MR) is 104 cm³/mol. The van der Waals surface area contributed by atoms with Gasteiger partial charge in [0.2, 0.25) is 0 Å². The Kier molecular flexibility index (Phi) is 7.90. The second-order valence-electron chi connectivity index (χ2n) is 4.00. The molecule has 0 radical (unpaired) electrons. The quantitative estimate of drug-likeness (QED) is 0.597. The van der Waals surface area contributed by atoms with Crippen LogP contribution in [0.15, 0.2) is 48.5 Å². The zero-order chi connectivity index (χ0) is 16.5. The highest BCUT2D eigenvalue weighted by atomic mass is 35.5. The van der Waals surface area contributed by atoms with Crippen LogP contribution in [0, 0.1) is 0 Å². The number of nitrogens with two attached hydrogens (primary N) is 2. The van der Waals surface area contributed by atoms with Crippen molar-refractivity contribution in [3.63, 3.8) is 0 Å². The molecule has 0 aromatic heterocycles. The number of benzene rings is 2. The third kappa shape index (κ3) is 7.99. The first-order valence-corrected chi connectivity index (χ1v) is 7.58. The lowest BCUT2D eigenvalue weighted by Crippen LogP contribution is -2.18. The van der Waals surface area contributed by atoms with Crippen molar-refractivity contribution in [3.8, 4) is 0 Å². The molecule has 0 heterocycles. The van der Waals surface area contributed by atoms with Gasteiger partial charge in [0.1, 0.15) is 0 Å². The molecule has 0 amide bonds. The van der Waals surface area contributed by atoms with Gasteiger partial charge in [-0.3, -0.25) is 0 Å². The fourth-order valence-corrected chi connectivity index (χ4v) is 1.85. The van der Waals surface area contributed by atoms with E-state index in [0.717, 1.165) is 11.4 Å². The lowest BCUT2D eigenvalue weighted by Gasteiger charge is -2.10. The van der Waals surface area contributed by atoms with Crippen molar-refractivity contribution in [1.82, 2.24) is 0 Å². The molecule has 2 aromatic rings. The molecule has 0 aliphatic carbocycles. The van der Waals surface area contributed by atoms with Gasteiger partial charge in [0.25, 0.3) is 0 Å². The Labute approximate surface area is 149 Å². The number of nitrogens with one attached hydrogen (secondary N) is 2. The Hall–Kier alpha value is -1.60. The molecule has 0 unspecified atom stereocenters. The third-order valence-electron chi connectivity index (χ3n) is 2.20. The molecule has 0 bridgehead atoms. The van der Waals surface area contributed by atoms with E-state index < -0.39 is 0 Å². The van der Waals surface area contributed by atoms with Crippen molar-refractivity contribution in [2.45, 2.75) is 0 Å². The summed E-state index contributed by atoms with van der Waals surface area (Å²) in [6, 6.07) is 14.6. The van der Waals surface area contributed by atoms with E-state index in [2.05, 4.69) is 34.3 Å². The van der Waals surface area contributed by atoms with E-state index in [1.807, 2.05) is 24.3 Å². The summed E-state index contributed by atoms with van der Waals surface area (Å²) < 4.78 is 0. The van der Waals surface area contributed by atoms with Crippen molar-refractivity contribution in [1.29, 1.82) is 0 Å². The summed E-state index contributed by atoms with van der Waals surface area (Å²) in [6.07, 6.45) is 0. The van der Waals surface area contributed by atoms with E-state index in [1.54, 1.807) is 24.3 Å². The normalized spacial score (nSPS) is 9.18. The van der Waals surface area contributed by atoms with Crippen LogP contribution >= 0.6 is 47.6 Å². The van der Waals surface area contributed by atoms with Crippen LogP contribution in [0.4, 0.5) is 11.4 Å². The molecule has 116 valence electrons. The van der Waals surface area contributed by atoms with Crippen molar-refractivity contribution in [2.24, 2.45) is 11.5 Å². The summed E-state index contributed by atoms with van der Waals surface area (Å²) in [5.41, 5.74) is 11.0. The van der Waals surface area contributed by atoms with Gasteiger partial charge in [-0.05, 0) is 73.0 Å². The van der Waals surface area contributed by atoms with Crippen molar-refractivity contribution in [3.05, 3.63) is 58.6 Å². The largest absolute Gasteiger partial charge is 0.377 e. The number of hydrogen-bond acceptors (Lipinski definition) is 2. The van der Waals surface area contributed by atoms with Crippen LogP contribution in [-0.2, 0) is 0 Å². The van der Waals surface area contributed by atoms with Crippen molar-refractivity contribution in [2.75, 3.05) is 10.6 Å². The first-order chi connectivity index (χ1) is 10.4. The Balaban J connectivity index is 0.000000541. The summed E-state index contributed by atoms with van der Waals surface area (Å²) in [5.74, 6) is 0. The summed E-state index contributed by atoms with van der Waals surface area (Å²) >= 11 is 20.9. The molecule has 0 saturated heterocycles. The fourth-order valence-electron chi connectivity index (χ4n) is 1.36. The Morgan fingerprint density at radius 3 is 1.27 bits per heavy atom. The van der Waals surface area contributed by atoms with Crippen LogP contribution in [0.2, 0.25) is 10.0 Å². The van der Waals surface area contributed by atoms with E-state index >= 15 is 0 Å². The number of rotatable bonds is 2. The first kappa shape index (κ1) is 18.4. The maximum atomic E-state index is 5.80. The standard InChI is InChI=1S/C13H10Cl2N2S.CH4N2S/c14-9-1-5-11(6-2-9)16-13(18)17-12-7-3-10(15)4-8-12;2-1(3)4/h1-8H,(H2,16,17,18);(H4,2,3,4). The Morgan fingerprint density at radius 1 is 0.727 bits per heavy atom. The van der Waals surface area contributed by atoms with Crippen LogP contribution in [0.5, 0.6) is 0 Å². The van der Waals surface area contributed by atoms with Crippen LogP contribution in [0.25, 0.3) is 0 Å². The van der Waals surface area contributed by atoms with Crippen molar-refractivity contribution < 1.29 is 0 Å². The molecular formula is C14H14Cl2N4S2. The molecule has 6 N–H and O–H groups in total. The zero-order valence-electron chi connectivity index (χ0n) is 11.3. The van der Waals surface area contributed by atoms with Crippen LogP contribution in [0.1, 0.15) is 0 Å². The molecule has 0 atom stereocenters. The molecule has 0 spiro atoms. The minimum Gasteiger partial charge on any atom is -0.377 e. The van der Waals surface area contributed by atoms with E-state index in [0.29, 0.717) is 15.2 Å². The molecule has 0 saturated carbocycles. The lowest BCUT2D eigenvalue weighted by atomic mass is 10.3. The smallest absolute Gasteiger partial charge is 0.175 e. The SMILES string of the molecule is NC(N)=S.S=C(Nc1ccc(Cl)cc1)Nc1ccc(Cl)cc1. The highest BCUT2D eigenvalue weighted by Gasteiger charge is 1.99. The van der Waals surface area contributed by atoms with E-state index in [1.165, 1.54) is 0 Å². The number of halogens is 2. The molecule has 2 rings (SSSR count). The van der Waals surface area contributed by atoms with Gasteiger partial charge >= 0.3 is 0 Å². The average molecular weight is 373 g/mol. The molecule has 0 fully saturated rings. The number of hydrogen-bond donors (Lipinski definition) is 4. The fraction of sp³-hybridized carbons (Fsp3) is 0. The molecule has 0 aliphatic heterocycles. The summed E-state index contributed by atoms with van der Waals surface area (Å²) in [7, 11) is 0. The van der Waals surface area contributed by atoms with Crippen LogP contribution < -0.4 is 22.1 Å². The molecule has 0 aliphatic rings. The topological polar surface area (TPSA) is 76.1 Å². The molecule has 22 heavy (non-hydrogen) atoms. The minimum absolute atomic E-state index is 0.000000000000000222. The van der Waals surface area contributed by atoms with Crippen LogP contribution in [-0.4, -0.2) is 10.2 Å². The van der Waals surface area contributed by atoms with Crippen molar-refractivity contribution >= 4 is 69.2 Å². The van der Waals surface area contributed by atoms with Gasteiger partial charge in [-0.15, -0.1) is 0 Å². The average Bonchev–Trinajstić information content (AvgIpc) is 2.43. The first-order valence-electron chi connectivity index (χ1n) is 6.01. The number of thiocarbonyl (C=S) groups is 2. The summed E-state index contributed by atoms with van der Waals surface area (Å²) in [6.45, 7) is 0. The lowest BCUT2D eigenvalue weighted by molar-refractivity contribution is 1.59. The Morgan fingerprint density at radius 2 is 1.00 bits per heavy atom. The molecule has 2 aromatic carbocycles. The molecular weight excluding hydrogens is 359 g/mol. The molecule has 4 nitrogen and oxygen atoms in total. The highest BCUT2D eigenvalue weighted by molar-refractivity contribution is 7.80. The predicted octanol–water partition coefficient (Wildman–Crippen LogP) is 3.99. The van der Waals surface area contributed by atoms with Gasteiger partial charge in [-0.1, -0.05) is 23.2 Å². The maximum Gasteiger partial charge on any atom is 0.175 e. The Bertz CT molecular complexity index is 577. The van der Waals surface area contributed by atoms with Gasteiger partial charge in [0, 0.05) is 21.4 Å².